The number of allylic oxidation sites excluding steroid dienone is 3. The lowest BCUT2D eigenvalue weighted by Gasteiger charge is -2.11. The van der Waals surface area contributed by atoms with Crippen LogP contribution in [0.15, 0.2) is 71.5 Å². The summed E-state index contributed by atoms with van der Waals surface area (Å²) in [4.78, 5) is 34.8. The maximum absolute atomic E-state index is 12.2. The number of amides is 1. The van der Waals surface area contributed by atoms with Gasteiger partial charge in [0.05, 0.1) is 5.57 Å². The molecule has 1 rings (SSSR count). The van der Waals surface area contributed by atoms with Crippen LogP contribution in [0.2, 0.25) is 0 Å². The number of hydrogen-bond acceptors (Lipinski definition) is 3. The number of carboxylic acids is 2. The zero-order valence-electron chi connectivity index (χ0n) is 16.0. The van der Waals surface area contributed by atoms with Gasteiger partial charge in [0.1, 0.15) is 0 Å². The van der Waals surface area contributed by atoms with Gasteiger partial charge < -0.3 is 15.5 Å². The molecule has 0 heterocycles. The molecule has 148 valence electrons. The number of benzene rings is 1. The molecule has 6 heteroatoms. The van der Waals surface area contributed by atoms with E-state index in [1.807, 2.05) is 43.3 Å². The lowest BCUT2D eigenvalue weighted by atomic mass is 10.1. The van der Waals surface area contributed by atoms with E-state index in [2.05, 4.69) is 5.32 Å². The molecule has 1 aromatic carbocycles. The molecule has 0 aliphatic heterocycles. The van der Waals surface area contributed by atoms with E-state index < -0.39 is 17.8 Å². The third kappa shape index (κ3) is 8.31. The Morgan fingerprint density at radius 2 is 1.71 bits per heavy atom. The molecule has 0 spiro atoms. The van der Waals surface area contributed by atoms with Crippen LogP contribution in [0.3, 0.4) is 0 Å². The van der Waals surface area contributed by atoms with Crippen molar-refractivity contribution in [3.63, 3.8) is 0 Å². The van der Waals surface area contributed by atoms with Crippen molar-refractivity contribution in [2.24, 2.45) is 0 Å². The SMILES string of the molecule is CCCCC(NC(=O)C=CC=Cc1ccccc1)=C(C=C(C)C(=O)O)C(=O)O. The number of carboxylic acid groups (broad SMARTS) is 2. The minimum absolute atomic E-state index is 0.123. The van der Waals surface area contributed by atoms with Gasteiger partial charge in [0, 0.05) is 17.3 Å². The first-order chi connectivity index (χ1) is 13.3. The van der Waals surface area contributed by atoms with E-state index in [0.29, 0.717) is 12.8 Å². The highest BCUT2D eigenvalue weighted by atomic mass is 16.4. The van der Waals surface area contributed by atoms with Crippen LogP contribution in [0.5, 0.6) is 0 Å². The summed E-state index contributed by atoms with van der Waals surface area (Å²) in [7, 11) is 0. The van der Waals surface area contributed by atoms with Crippen molar-refractivity contribution < 1.29 is 24.6 Å². The lowest BCUT2D eigenvalue weighted by Crippen LogP contribution is -2.24. The van der Waals surface area contributed by atoms with Crippen LogP contribution < -0.4 is 5.32 Å². The van der Waals surface area contributed by atoms with E-state index in [0.717, 1.165) is 18.1 Å². The van der Waals surface area contributed by atoms with Crippen molar-refractivity contribution in [3.8, 4) is 0 Å². The summed E-state index contributed by atoms with van der Waals surface area (Å²) in [6.45, 7) is 3.24. The van der Waals surface area contributed by atoms with Crippen LogP contribution in [-0.4, -0.2) is 28.1 Å². The van der Waals surface area contributed by atoms with E-state index in [1.165, 1.54) is 13.0 Å². The molecule has 0 aliphatic rings. The maximum Gasteiger partial charge on any atom is 0.337 e. The van der Waals surface area contributed by atoms with Crippen molar-refractivity contribution in [2.75, 3.05) is 0 Å². The largest absolute Gasteiger partial charge is 0.478 e. The Balaban J connectivity index is 2.99. The predicted octanol–water partition coefficient (Wildman–Crippen LogP) is 3.93. The normalized spacial score (nSPS) is 12.9. The zero-order chi connectivity index (χ0) is 20.9. The van der Waals surface area contributed by atoms with E-state index >= 15 is 0 Å². The Morgan fingerprint density at radius 3 is 2.29 bits per heavy atom. The van der Waals surface area contributed by atoms with E-state index in [-0.39, 0.29) is 16.8 Å². The number of aliphatic carboxylic acids is 2. The van der Waals surface area contributed by atoms with Crippen LogP contribution >= 0.6 is 0 Å². The highest BCUT2D eigenvalue weighted by Crippen LogP contribution is 2.14. The molecule has 0 fully saturated rings. The minimum atomic E-state index is -1.29. The summed E-state index contributed by atoms with van der Waals surface area (Å²) >= 11 is 0. The minimum Gasteiger partial charge on any atom is -0.478 e. The van der Waals surface area contributed by atoms with Gasteiger partial charge in [-0.2, -0.15) is 0 Å². The molecule has 0 radical (unpaired) electrons. The first-order valence-electron chi connectivity index (χ1n) is 8.94. The van der Waals surface area contributed by atoms with Crippen LogP contribution in [0.4, 0.5) is 0 Å². The Hall–Kier alpha value is -3.41. The van der Waals surface area contributed by atoms with Crippen LogP contribution in [0.25, 0.3) is 6.08 Å². The maximum atomic E-state index is 12.2. The Morgan fingerprint density at radius 1 is 1.04 bits per heavy atom. The van der Waals surface area contributed by atoms with Gasteiger partial charge in [0.15, 0.2) is 0 Å². The molecule has 0 saturated heterocycles. The van der Waals surface area contributed by atoms with Gasteiger partial charge in [-0.25, -0.2) is 9.59 Å². The summed E-state index contributed by atoms with van der Waals surface area (Å²) < 4.78 is 0. The molecule has 0 bridgehead atoms. The monoisotopic (exact) mass is 383 g/mol. The second-order valence-electron chi connectivity index (χ2n) is 6.05. The van der Waals surface area contributed by atoms with Crippen molar-refractivity contribution in [1.29, 1.82) is 0 Å². The van der Waals surface area contributed by atoms with Gasteiger partial charge >= 0.3 is 11.9 Å². The standard InChI is InChI=1S/C22H25NO5/c1-3-4-13-19(18(22(27)28)15-16(2)21(25)26)23-20(24)14-9-8-12-17-10-6-5-7-11-17/h5-12,14-15H,3-4,13H2,1-2H3,(H,23,24)(H,25,26)(H,27,28). The summed E-state index contributed by atoms with van der Waals surface area (Å²) in [6, 6.07) is 9.56. The Bertz CT molecular complexity index is 817. The Kier molecular flexibility index (Phi) is 9.75. The van der Waals surface area contributed by atoms with E-state index in [4.69, 9.17) is 5.11 Å². The number of rotatable bonds is 10. The van der Waals surface area contributed by atoms with Crippen LogP contribution in [0.1, 0.15) is 38.7 Å². The third-order valence-electron chi connectivity index (χ3n) is 3.76. The molecule has 1 aromatic rings. The van der Waals surface area contributed by atoms with Crippen molar-refractivity contribution in [3.05, 3.63) is 77.0 Å². The van der Waals surface area contributed by atoms with Gasteiger partial charge in [-0.1, -0.05) is 61.9 Å². The van der Waals surface area contributed by atoms with Gasteiger partial charge in [-0.05, 0) is 31.4 Å². The fourth-order valence-electron chi connectivity index (χ4n) is 2.24. The number of carbonyl (C=O) groups excluding carboxylic acids is 1. The molecule has 3 N–H and O–H groups in total. The summed E-state index contributed by atoms with van der Waals surface area (Å²) in [5.74, 6) is -2.99. The highest BCUT2D eigenvalue weighted by Gasteiger charge is 2.15. The molecule has 28 heavy (non-hydrogen) atoms. The molecule has 0 saturated carbocycles. The van der Waals surface area contributed by atoms with Gasteiger partial charge in [-0.15, -0.1) is 0 Å². The van der Waals surface area contributed by atoms with Crippen molar-refractivity contribution in [2.45, 2.75) is 33.1 Å². The molecular formula is C22H25NO5. The second kappa shape index (κ2) is 12.1. The number of hydrogen-bond donors (Lipinski definition) is 3. The molecule has 0 aliphatic carbocycles. The van der Waals surface area contributed by atoms with Gasteiger partial charge in [0.25, 0.3) is 0 Å². The molecule has 1 amide bonds. The van der Waals surface area contributed by atoms with Crippen LogP contribution in [0, 0.1) is 0 Å². The fraction of sp³-hybridized carbons (Fsp3) is 0.227. The molecule has 6 nitrogen and oxygen atoms in total. The number of carbonyl (C=O) groups is 3. The lowest BCUT2D eigenvalue weighted by molar-refractivity contribution is -0.132. The Labute approximate surface area is 164 Å². The topological polar surface area (TPSA) is 104 Å². The molecular weight excluding hydrogens is 358 g/mol. The van der Waals surface area contributed by atoms with Gasteiger partial charge in [-0.3, -0.25) is 4.79 Å². The smallest absolute Gasteiger partial charge is 0.337 e. The second-order valence-corrected chi connectivity index (χ2v) is 6.05. The predicted molar refractivity (Wildman–Crippen MR) is 108 cm³/mol. The number of unbranched alkanes of at least 4 members (excludes halogenated alkanes) is 1. The van der Waals surface area contributed by atoms with Crippen LogP contribution in [-0.2, 0) is 14.4 Å². The van der Waals surface area contributed by atoms with Crippen molar-refractivity contribution in [1.82, 2.24) is 5.32 Å². The molecule has 0 unspecified atom stereocenters. The third-order valence-corrected chi connectivity index (χ3v) is 3.76. The quantitative estimate of drug-likeness (QED) is 0.419. The number of nitrogens with one attached hydrogen (secondary N) is 1. The molecule has 0 atom stereocenters. The van der Waals surface area contributed by atoms with Crippen molar-refractivity contribution >= 4 is 23.9 Å². The summed E-state index contributed by atoms with van der Waals surface area (Å²) in [5.41, 5.74) is 0.826. The first kappa shape index (κ1) is 22.6. The van der Waals surface area contributed by atoms with E-state index in [1.54, 1.807) is 12.2 Å². The average molecular weight is 383 g/mol. The fourth-order valence-corrected chi connectivity index (χ4v) is 2.24. The van der Waals surface area contributed by atoms with Gasteiger partial charge in [0.2, 0.25) is 5.91 Å². The highest BCUT2D eigenvalue weighted by molar-refractivity contribution is 5.97. The average Bonchev–Trinajstić information content (AvgIpc) is 2.67. The summed E-state index contributed by atoms with van der Waals surface area (Å²) in [6.07, 6.45) is 9.22. The summed E-state index contributed by atoms with van der Waals surface area (Å²) in [5, 5.41) is 21.0. The molecule has 0 aromatic heterocycles. The van der Waals surface area contributed by atoms with E-state index in [9.17, 15) is 19.5 Å². The zero-order valence-corrected chi connectivity index (χ0v) is 16.0. The first-order valence-corrected chi connectivity index (χ1v) is 8.94.